The van der Waals surface area contributed by atoms with E-state index in [1.54, 1.807) is 0 Å². The van der Waals surface area contributed by atoms with E-state index in [4.69, 9.17) is 21.1 Å². The van der Waals surface area contributed by atoms with E-state index in [1.807, 2.05) is 13.0 Å². The van der Waals surface area contributed by atoms with Crippen molar-refractivity contribution in [1.82, 2.24) is 0 Å². The zero-order valence-electron chi connectivity index (χ0n) is 9.09. The maximum atomic E-state index is 10.4. The molecule has 0 saturated carbocycles. The Hall–Kier alpha value is -1.22. The number of ether oxygens (including phenoxy) is 2. The van der Waals surface area contributed by atoms with Crippen LogP contribution in [-0.2, 0) is 11.2 Å². The summed E-state index contributed by atoms with van der Waals surface area (Å²) >= 11 is 6.25. The molecule has 0 radical (unpaired) electrons. The Bertz CT molecular complexity index is 415. The summed E-state index contributed by atoms with van der Waals surface area (Å²) in [4.78, 5) is 10.4. The first kappa shape index (κ1) is 11.3. The Morgan fingerprint density at radius 1 is 1.44 bits per heavy atom. The number of benzene rings is 1. The van der Waals surface area contributed by atoms with Crippen LogP contribution in [0.15, 0.2) is 6.07 Å². The van der Waals surface area contributed by atoms with Gasteiger partial charge < -0.3 is 14.3 Å². The molecular weight excluding hydrogens is 228 g/mol. The van der Waals surface area contributed by atoms with Gasteiger partial charge in [0.1, 0.15) is 19.5 Å². The molecule has 1 aliphatic rings. The third-order valence-electron chi connectivity index (χ3n) is 2.61. The highest BCUT2D eigenvalue weighted by Crippen LogP contribution is 2.41. The normalized spacial score (nSPS) is 13.6. The van der Waals surface area contributed by atoms with Crippen molar-refractivity contribution in [2.75, 3.05) is 13.2 Å². The summed E-state index contributed by atoms with van der Waals surface area (Å²) in [6.07, 6.45) is 2.01. The minimum absolute atomic E-state index is 0.472. The predicted molar refractivity (Wildman–Crippen MR) is 61.6 cm³/mol. The van der Waals surface area contributed by atoms with Crippen LogP contribution in [0.3, 0.4) is 0 Å². The molecule has 0 fully saturated rings. The van der Waals surface area contributed by atoms with Crippen molar-refractivity contribution in [3.8, 4) is 11.5 Å². The Morgan fingerprint density at radius 3 is 2.94 bits per heavy atom. The van der Waals surface area contributed by atoms with E-state index in [0.29, 0.717) is 42.6 Å². The van der Waals surface area contributed by atoms with E-state index in [0.717, 1.165) is 17.4 Å². The molecule has 3 nitrogen and oxygen atoms in total. The standard InChI is InChI=1S/C12H13ClO3/c1-8-7-10-12(16-6-5-15-10)11(13)9(8)3-2-4-14/h4,7H,2-3,5-6H2,1H3. The Kier molecular flexibility index (Phi) is 3.34. The molecule has 0 atom stereocenters. The van der Waals surface area contributed by atoms with Crippen LogP contribution in [0.25, 0.3) is 0 Å². The number of hydrogen-bond donors (Lipinski definition) is 0. The second-order valence-corrected chi connectivity index (χ2v) is 4.09. The van der Waals surface area contributed by atoms with Crippen molar-refractivity contribution in [3.63, 3.8) is 0 Å². The van der Waals surface area contributed by atoms with Crippen LogP contribution in [-0.4, -0.2) is 19.5 Å². The van der Waals surface area contributed by atoms with E-state index in [-0.39, 0.29) is 0 Å². The third kappa shape index (κ3) is 2.00. The zero-order chi connectivity index (χ0) is 11.5. The summed E-state index contributed by atoms with van der Waals surface area (Å²) < 4.78 is 11.0. The first-order valence-corrected chi connectivity index (χ1v) is 5.63. The average Bonchev–Trinajstić information content (AvgIpc) is 2.29. The van der Waals surface area contributed by atoms with Crippen molar-refractivity contribution in [1.29, 1.82) is 0 Å². The van der Waals surface area contributed by atoms with Crippen LogP contribution in [0.4, 0.5) is 0 Å². The number of aldehydes is 1. The summed E-state index contributed by atoms with van der Waals surface area (Å²) in [7, 11) is 0. The number of hydrogen-bond acceptors (Lipinski definition) is 3. The molecule has 0 aliphatic carbocycles. The number of carbonyl (C=O) groups excluding carboxylic acids is 1. The molecule has 1 aliphatic heterocycles. The van der Waals surface area contributed by atoms with Gasteiger partial charge in [-0.25, -0.2) is 0 Å². The molecule has 86 valence electrons. The van der Waals surface area contributed by atoms with Gasteiger partial charge in [-0.1, -0.05) is 11.6 Å². The summed E-state index contributed by atoms with van der Waals surface area (Å²) in [6, 6.07) is 1.92. The maximum absolute atomic E-state index is 10.4. The molecular formula is C12H13ClO3. The van der Waals surface area contributed by atoms with E-state index in [2.05, 4.69) is 0 Å². The highest BCUT2D eigenvalue weighted by Gasteiger charge is 2.19. The van der Waals surface area contributed by atoms with Crippen molar-refractivity contribution in [3.05, 3.63) is 22.2 Å². The quantitative estimate of drug-likeness (QED) is 0.762. The molecule has 0 N–H and O–H groups in total. The van der Waals surface area contributed by atoms with Gasteiger partial charge in [-0.3, -0.25) is 0 Å². The Labute approximate surface area is 99.3 Å². The fourth-order valence-corrected chi connectivity index (χ4v) is 2.21. The lowest BCUT2D eigenvalue weighted by Crippen LogP contribution is -2.16. The third-order valence-corrected chi connectivity index (χ3v) is 3.01. The smallest absolute Gasteiger partial charge is 0.180 e. The Morgan fingerprint density at radius 2 is 2.19 bits per heavy atom. The van der Waals surface area contributed by atoms with Crippen LogP contribution in [0.2, 0.25) is 5.02 Å². The molecule has 1 heterocycles. The zero-order valence-corrected chi connectivity index (χ0v) is 9.84. The highest BCUT2D eigenvalue weighted by molar-refractivity contribution is 6.33. The fourth-order valence-electron chi connectivity index (χ4n) is 1.81. The van der Waals surface area contributed by atoms with Gasteiger partial charge in [0.05, 0.1) is 5.02 Å². The lowest BCUT2D eigenvalue weighted by atomic mass is 10.0. The van der Waals surface area contributed by atoms with E-state index in [1.165, 1.54) is 0 Å². The molecule has 16 heavy (non-hydrogen) atoms. The van der Waals surface area contributed by atoms with E-state index >= 15 is 0 Å². The monoisotopic (exact) mass is 240 g/mol. The molecule has 1 aromatic rings. The topological polar surface area (TPSA) is 35.5 Å². The van der Waals surface area contributed by atoms with Crippen LogP contribution >= 0.6 is 11.6 Å². The lowest BCUT2D eigenvalue weighted by Gasteiger charge is -2.22. The molecule has 1 aromatic carbocycles. The molecule has 0 bridgehead atoms. The van der Waals surface area contributed by atoms with Crippen LogP contribution < -0.4 is 9.47 Å². The van der Waals surface area contributed by atoms with Gasteiger partial charge in [-0.15, -0.1) is 0 Å². The summed E-state index contributed by atoms with van der Waals surface area (Å²) in [5.41, 5.74) is 2.01. The van der Waals surface area contributed by atoms with Crippen molar-refractivity contribution >= 4 is 17.9 Å². The number of aryl methyl sites for hydroxylation is 1. The van der Waals surface area contributed by atoms with Crippen LogP contribution in [0, 0.1) is 6.92 Å². The lowest BCUT2D eigenvalue weighted by molar-refractivity contribution is -0.107. The number of rotatable bonds is 3. The van der Waals surface area contributed by atoms with E-state index < -0.39 is 0 Å². The van der Waals surface area contributed by atoms with Crippen molar-refractivity contribution in [2.45, 2.75) is 19.8 Å². The molecule has 4 heteroatoms. The van der Waals surface area contributed by atoms with Gasteiger partial charge >= 0.3 is 0 Å². The highest BCUT2D eigenvalue weighted by atomic mass is 35.5. The fraction of sp³-hybridized carbons (Fsp3) is 0.417. The predicted octanol–water partition coefficient (Wildman–Crippen LogP) is 2.55. The second kappa shape index (κ2) is 4.74. The second-order valence-electron chi connectivity index (χ2n) is 3.72. The number of halogens is 1. The van der Waals surface area contributed by atoms with Crippen LogP contribution in [0.5, 0.6) is 11.5 Å². The average molecular weight is 241 g/mol. The molecule has 0 aromatic heterocycles. The minimum Gasteiger partial charge on any atom is -0.486 e. The molecule has 0 amide bonds. The van der Waals surface area contributed by atoms with E-state index in [9.17, 15) is 4.79 Å². The molecule has 0 spiro atoms. The van der Waals surface area contributed by atoms with Crippen molar-refractivity contribution in [2.24, 2.45) is 0 Å². The summed E-state index contributed by atoms with van der Waals surface area (Å²) in [5, 5.41) is 0.580. The SMILES string of the molecule is Cc1cc2c(c(Cl)c1CCC=O)OCCO2. The van der Waals surface area contributed by atoms with Gasteiger partial charge in [0, 0.05) is 6.42 Å². The van der Waals surface area contributed by atoms with Gasteiger partial charge in [0.15, 0.2) is 11.5 Å². The molecule has 0 saturated heterocycles. The largest absolute Gasteiger partial charge is 0.486 e. The van der Waals surface area contributed by atoms with Gasteiger partial charge in [-0.2, -0.15) is 0 Å². The van der Waals surface area contributed by atoms with Gasteiger partial charge in [0.2, 0.25) is 0 Å². The van der Waals surface area contributed by atoms with Crippen molar-refractivity contribution < 1.29 is 14.3 Å². The Balaban J connectivity index is 2.41. The minimum atomic E-state index is 0.472. The number of carbonyl (C=O) groups is 1. The molecule has 2 rings (SSSR count). The van der Waals surface area contributed by atoms with Crippen LogP contribution in [0.1, 0.15) is 17.5 Å². The summed E-state index contributed by atoms with van der Waals surface area (Å²) in [5.74, 6) is 1.31. The van der Waals surface area contributed by atoms with Gasteiger partial charge in [-0.05, 0) is 30.5 Å². The number of fused-ring (bicyclic) bond motifs is 1. The maximum Gasteiger partial charge on any atom is 0.180 e. The molecule has 0 unspecified atom stereocenters. The summed E-state index contributed by atoms with van der Waals surface area (Å²) in [6.45, 7) is 3.03. The van der Waals surface area contributed by atoms with Gasteiger partial charge in [0.25, 0.3) is 0 Å². The first-order chi connectivity index (χ1) is 7.74. The first-order valence-electron chi connectivity index (χ1n) is 5.25.